The van der Waals surface area contributed by atoms with Crippen LogP contribution in [0.1, 0.15) is 30.3 Å². The standard InChI is InChI=1S/C13H19N3OS/c1-2-7-14-12-5-3-4-11(16-12)13(17)15-10-6-8-18-9-10/h3-5,10H,2,6-9H2,1H3,(H,14,16)(H,15,17). The Hall–Kier alpha value is -1.23. The molecule has 5 heteroatoms. The van der Waals surface area contributed by atoms with Crippen LogP contribution in [-0.2, 0) is 0 Å². The highest BCUT2D eigenvalue weighted by atomic mass is 32.2. The van der Waals surface area contributed by atoms with Gasteiger partial charge >= 0.3 is 0 Å². The minimum atomic E-state index is -0.0670. The van der Waals surface area contributed by atoms with Gasteiger partial charge in [0.2, 0.25) is 0 Å². The molecule has 1 unspecified atom stereocenters. The fourth-order valence-corrected chi connectivity index (χ4v) is 2.97. The van der Waals surface area contributed by atoms with Crippen LogP contribution in [0.3, 0.4) is 0 Å². The van der Waals surface area contributed by atoms with E-state index >= 15 is 0 Å². The van der Waals surface area contributed by atoms with Crippen LogP contribution in [0.15, 0.2) is 18.2 Å². The average molecular weight is 265 g/mol. The van der Waals surface area contributed by atoms with Crippen molar-refractivity contribution in [3.63, 3.8) is 0 Å². The van der Waals surface area contributed by atoms with Crippen LogP contribution in [-0.4, -0.2) is 35.0 Å². The minimum Gasteiger partial charge on any atom is -0.370 e. The Kier molecular flexibility index (Phi) is 4.87. The van der Waals surface area contributed by atoms with Crippen molar-refractivity contribution in [2.24, 2.45) is 0 Å². The van der Waals surface area contributed by atoms with Gasteiger partial charge in [0.1, 0.15) is 11.5 Å². The lowest BCUT2D eigenvalue weighted by Gasteiger charge is -2.11. The number of hydrogen-bond acceptors (Lipinski definition) is 4. The summed E-state index contributed by atoms with van der Waals surface area (Å²) < 4.78 is 0. The van der Waals surface area contributed by atoms with Gasteiger partial charge in [0.25, 0.3) is 5.91 Å². The van der Waals surface area contributed by atoms with E-state index < -0.39 is 0 Å². The summed E-state index contributed by atoms with van der Waals surface area (Å²) >= 11 is 1.89. The molecule has 1 aromatic rings. The zero-order valence-corrected chi connectivity index (χ0v) is 11.4. The number of aromatic nitrogens is 1. The summed E-state index contributed by atoms with van der Waals surface area (Å²) in [4.78, 5) is 16.3. The summed E-state index contributed by atoms with van der Waals surface area (Å²) in [5.41, 5.74) is 0.494. The zero-order chi connectivity index (χ0) is 12.8. The molecule has 1 aliphatic rings. The Morgan fingerprint density at radius 2 is 2.44 bits per heavy atom. The Bertz CT molecular complexity index is 405. The first kappa shape index (κ1) is 13.2. The molecule has 2 rings (SSSR count). The van der Waals surface area contributed by atoms with Gasteiger partial charge in [-0.2, -0.15) is 11.8 Å². The molecule has 1 fully saturated rings. The second kappa shape index (κ2) is 6.64. The average Bonchev–Trinajstić information content (AvgIpc) is 2.89. The van der Waals surface area contributed by atoms with E-state index in [2.05, 4.69) is 22.5 Å². The molecule has 4 nitrogen and oxygen atoms in total. The third kappa shape index (κ3) is 3.63. The molecule has 0 aromatic carbocycles. The fraction of sp³-hybridized carbons (Fsp3) is 0.538. The van der Waals surface area contributed by atoms with Crippen molar-refractivity contribution in [1.82, 2.24) is 10.3 Å². The lowest BCUT2D eigenvalue weighted by atomic mass is 10.2. The molecule has 0 saturated carbocycles. The number of carbonyl (C=O) groups is 1. The van der Waals surface area contributed by atoms with Gasteiger partial charge in [0.15, 0.2) is 0 Å². The molecule has 98 valence electrons. The van der Waals surface area contributed by atoms with E-state index in [1.165, 1.54) is 0 Å². The number of rotatable bonds is 5. The van der Waals surface area contributed by atoms with Crippen molar-refractivity contribution in [2.45, 2.75) is 25.8 Å². The first-order chi connectivity index (χ1) is 8.79. The largest absolute Gasteiger partial charge is 0.370 e. The van der Waals surface area contributed by atoms with Gasteiger partial charge in [-0.25, -0.2) is 4.98 Å². The second-order valence-electron chi connectivity index (χ2n) is 4.37. The molecule has 0 spiro atoms. The van der Waals surface area contributed by atoms with Crippen molar-refractivity contribution in [3.05, 3.63) is 23.9 Å². The highest BCUT2D eigenvalue weighted by Crippen LogP contribution is 2.17. The van der Waals surface area contributed by atoms with E-state index in [1.807, 2.05) is 23.9 Å². The summed E-state index contributed by atoms with van der Waals surface area (Å²) in [6.07, 6.45) is 2.10. The molecule has 2 heterocycles. The first-order valence-corrected chi connectivity index (χ1v) is 7.54. The van der Waals surface area contributed by atoms with Crippen LogP contribution in [0.5, 0.6) is 0 Å². The number of carbonyl (C=O) groups excluding carboxylic acids is 1. The third-order valence-corrected chi connectivity index (χ3v) is 3.97. The quantitative estimate of drug-likeness (QED) is 0.856. The molecule has 18 heavy (non-hydrogen) atoms. The van der Waals surface area contributed by atoms with Crippen LogP contribution in [0, 0.1) is 0 Å². The van der Waals surface area contributed by atoms with Crippen LogP contribution in [0.25, 0.3) is 0 Å². The monoisotopic (exact) mass is 265 g/mol. The lowest BCUT2D eigenvalue weighted by Crippen LogP contribution is -2.35. The summed E-state index contributed by atoms with van der Waals surface area (Å²) in [5, 5.41) is 6.22. The summed E-state index contributed by atoms with van der Waals surface area (Å²) in [6.45, 7) is 2.97. The van der Waals surface area contributed by atoms with Crippen LogP contribution < -0.4 is 10.6 Å². The summed E-state index contributed by atoms with van der Waals surface area (Å²) in [7, 11) is 0. The van der Waals surface area contributed by atoms with Crippen molar-refractivity contribution >= 4 is 23.5 Å². The Morgan fingerprint density at radius 1 is 1.56 bits per heavy atom. The SMILES string of the molecule is CCCNc1cccc(C(=O)NC2CCSC2)n1. The predicted molar refractivity (Wildman–Crippen MR) is 76.2 cm³/mol. The molecule has 1 aliphatic heterocycles. The number of thioether (sulfide) groups is 1. The van der Waals surface area contributed by atoms with E-state index in [-0.39, 0.29) is 5.91 Å². The Labute approximate surface area is 112 Å². The molecule has 1 saturated heterocycles. The van der Waals surface area contributed by atoms with E-state index in [9.17, 15) is 4.79 Å². The molecule has 0 bridgehead atoms. The highest BCUT2D eigenvalue weighted by molar-refractivity contribution is 7.99. The van der Waals surface area contributed by atoms with Gasteiger partial charge in [-0.15, -0.1) is 0 Å². The highest BCUT2D eigenvalue weighted by Gasteiger charge is 2.18. The summed E-state index contributed by atoms with van der Waals surface area (Å²) in [5.74, 6) is 2.85. The van der Waals surface area contributed by atoms with Crippen LogP contribution >= 0.6 is 11.8 Å². The fourth-order valence-electron chi connectivity index (χ4n) is 1.82. The Balaban J connectivity index is 1.96. The molecule has 1 amide bonds. The van der Waals surface area contributed by atoms with E-state index in [0.29, 0.717) is 11.7 Å². The summed E-state index contributed by atoms with van der Waals surface area (Å²) in [6, 6.07) is 5.81. The maximum atomic E-state index is 12.0. The second-order valence-corrected chi connectivity index (χ2v) is 5.52. The number of pyridine rings is 1. The van der Waals surface area contributed by atoms with Crippen molar-refractivity contribution in [3.8, 4) is 0 Å². The number of nitrogens with one attached hydrogen (secondary N) is 2. The molecular weight excluding hydrogens is 246 g/mol. The van der Waals surface area contributed by atoms with Crippen molar-refractivity contribution < 1.29 is 4.79 Å². The number of nitrogens with zero attached hydrogens (tertiary/aromatic N) is 1. The number of hydrogen-bond donors (Lipinski definition) is 2. The van der Waals surface area contributed by atoms with Gasteiger partial charge in [-0.05, 0) is 30.7 Å². The predicted octanol–water partition coefficient (Wildman–Crippen LogP) is 2.14. The molecule has 2 N–H and O–H groups in total. The normalized spacial score (nSPS) is 18.6. The van der Waals surface area contributed by atoms with E-state index in [4.69, 9.17) is 0 Å². The molecule has 1 atom stereocenters. The van der Waals surface area contributed by atoms with Gasteiger partial charge in [-0.3, -0.25) is 4.79 Å². The molecule has 1 aromatic heterocycles. The molecule has 0 radical (unpaired) electrons. The number of amides is 1. The van der Waals surface area contributed by atoms with E-state index in [1.54, 1.807) is 6.07 Å². The van der Waals surface area contributed by atoms with Crippen molar-refractivity contribution in [1.29, 1.82) is 0 Å². The van der Waals surface area contributed by atoms with Crippen molar-refractivity contribution in [2.75, 3.05) is 23.4 Å². The van der Waals surface area contributed by atoms with Gasteiger partial charge in [-0.1, -0.05) is 13.0 Å². The third-order valence-electron chi connectivity index (χ3n) is 2.80. The first-order valence-electron chi connectivity index (χ1n) is 6.39. The zero-order valence-electron chi connectivity index (χ0n) is 10.6. The van der Waals surface area contributed by atoms with Crippen LogP contribution in [0.4, 0.5) is 5.82 Å². The molecular formula is C13H19N3OS. The van der Waals surface area contributed by atoms with Gasteiger partial charge in [0.05, 0.1) is 0 Å². The van der Waals surface area contributed by atoms with E-state index in [0.717, 1.165) is 36.7 Å². The lowest BCUT2D eigenvalue weighted by molar-refractivity contribution is 0.0936. The minimum absolute atomic E-state index is 0.0670. The Morgan fingerprint density at radius 3 is 3.17 bits per heavy atom. The smallest absolute Gasteiger partial charge is 0.270 e. The maximum Gasteiger partial charge on any atom is 0.270 e. The van der Waals surface area contributed by atoms with Crippen LogP contribution in [0.2, 0.25) is 0 Å². The topological polar surface area (TPSA) is 54.0 Å². The number of anilines is 1. The van der Waals surface area contributed by atoms with Gasteiger partial charge < -0.3 is 10.6 Å². The van der Waals surface area contributed by atoms with Gasteiger partial charge in [0, 0.05) is 18.3 Å². The maximum absolute atomic E-state index is 12.0. The molecule has 0 aliphatic carbocycles.